The maximum atomic E-state index is 11.8. The second-order valence-corrected chi connectivity index (χ2v) is 7.65. The fraction of sp³-hybridized carbons (Fsp3) is 1.00. The Kier molecular flexibility index (Phi) is 6.60. The van der Waals surface area contributed by atoms with Crippen LogP contribution in [0.5, 0.6) is 0 Å². The number of hydrogen-bond donors (Lipinski definition) is 1. The summed E-state index contributed by atoms with van der Waals surface area (Å²) in [5, 5.41) is 3.41. The van der Waals surface area contributed by atoms with Crippen molar-refractivity contribution >= 4 is 9.84 Å². The van der Waals surface area contributed by atoms with Crippen molar-refractivity contribution in [1.29, 1.82) is 0 Å². The zero-order valence-corrected chi connectivity index (χ0v) is 12.8. The van der Waals surface area contributed by atoms with Crippen LogP contribution in [0.3, 0.4) is 0 Å². The van der Waals surface area contributed by atoms with Gasteiger partial charge in [-0.15, -0.1) is 0 Å². The highest BCUT2D eigenvalue weighted by molar-refractivity contribution is 7.91. The van der Waals surface area contributed by atoms with E-state index in [1.54, 1.807) is 0 Å². The van der Waals surface area contributed by atoms with Crippen molar-refractivity contribution in [2.24, 2.45) is 5.92 Å². The molecule has 0 spiro atoms. The summed E-state index contributed by atoms with van der Waals surface area (Å²) in [5.41, 5.74) is 0. The van der Waals surface area contributed by atoms with Gasteiger partial charge in [0.2, 0.25) is 0 Å². The lowest BCUT2D eigenvalue weighted by Crippen LogP contribution is -2.54. The second-order valence-electron chi connectivity index (χ2n) is 5.34. The third-order valence-electron chi connectivity index (χ3n) is 3.90. The Balaban J connectivity index is 2.52. The molecule has 0 radical (unpaired) electrons. The van der Waals surface area contributed by atoms with Crippen LogP contribution in [0.15, 0.2) is 0 Å². The number of nitrogens with one attached hydrogen (secondary N) is 1. The van der Waals surface area contributed by atoms with Crippen molar-refractivity contribution in [2.75, 3.05) is 37.7 Å². The summed E-state index contributed by atoms with van der Waals surface area (Å²) in [6.45, 7) is 10.0. The van der Waals surface area contributed by atoms with Crippen molar-refractivity contribution < 1.29 is 8.42 Å². The van der Waals surface area contributed by atoms with Crippen molar-refractivity contribution in [3.05, 3.63) is 0 Å². The molecule has 4 nitrogen and oxygen atoms in total. The smallest absolute Gasteiger partial charge is 0.151 e. The molecule has 0 aromatic rings. The number of piperazine rings is 1. The van der Waals surface area contributed by atoms with E-state index in [2.05, 4.69) is 24.1 Å². The minimum absolute atomic E-state index is 0.313. The molecule has 0 amide bonds. The van der Waals surface area contributed by atoms with Crippen molar-refractivity contribution in [2.45, 2.75) is 39.7 Å². The molecule has 2 unspecified atom stereocenters. The summed E-state index contributed by atoms with van der Waals surface area (Å²) in [6, 6.07) is 0.487. The van der Waals surface area contributed by atoms with Gasteiger partial charge in [-0.3, -0.25) is 4.90 Å². The van der Waals surface area contributed by atoms with E-state index in [1.807, 2.05) is 6.92 Å². The summed E-state index contributed by atoms with van der Waals surface area (Å²) in [6.07, 6.45) is 1.86. The average molecular weight is 276 g/mol. The molecule has 1 fully saturated rings. The maximum absolute atomic E-state index is 11.8. The van der Waals surface area contributed by atoms with Crippen LogP contribution >= 0.6 is 0 Å². The van der Waals surface area contributed by atoms with Crippen LogP contribution in [0.1, 0.15) is 33.6 Å². The molecule has 0 saturated carbocycles. The monoisotopic (exact) mass is 276 g/mol. The fourth-order valence-corrected chi connectivity index (χ4v) is 3.89. The van der Waals surface area contributed by atoms with Crippen LogP contribution in [0.25, 0.3) is 0 Å². The summed E-state index contributed by atoms with van der Waals surface area (Å²) < 4.78 is 23.6. The first kappa shape index (κ1) is 15.9. The highest BCUT2D eigenvalue weighted by atomic mass is 32.2. The Morgan fingerprint density at radius 1 is 1.33 bits per heavy atom. The van der Waals surface area contributed by atoms with E-state index in [9.17, 15) is 8.42 Å². The third-order valence-corrected chi connectivity index (χ3v) is 5.74. The number of hydrogen-bond acceptors (Lipinski definition) is 4. The molecular formula is C13H28N2O2S. The van der Waals surface area contributed by atoms with Gasteiger partial charge in [-0.1, -0.05) is 27.2 Å². The van der Waals surface area contributed by atoms with E-state index in [0.717, 1.165) is 32.5 Å². The standard InChI is InChI=1S/C13H28N2O2S/c1-4-9-18(16,17)10-8-15-7-6-14-11-13(15)12(3)5-2/h12-14H,4-11H2,1-3H3. The summed E-state index contributed by atoms with van der Waals surface area (Å²) >= 11 is 0. The van der Waals surface area contributed by atoms with E-state index in [-0.39, 0.29) is 0 Å². The zero-order chi connectivity index (χ0) is 13.6. The van der Waals surface area contributed by atoms with Gasteiger partial charge in [0.15, 0.2) is 9.84 Å². The van der Waals surface area contributed by atoms with Crippen LogP contribution in [-0.4, -0.2) is 57.0 Å². The van der Waals surface area contributed by atoms with Crippen LogP contribution in [0, 0.1) is 5.92 Å². The van der Waals surface area contributed by atoms with Gasteiger partial charge in [0.25, 0.3) is 0 Å². The van der Waals surface area contributed by atoms with Gasteiger partial charge in [-0.05, 0) is 12.3 Å². The molecule has 0 aliphatic carbocycles. The number of nitrogens with zero attached hydrogens (tertiary/aromatic N) is 1. The molecule has 1 aliphatic rings. The molecule has 1 saturated heterocycles. The Morgan fingerprint density at radius 3 is 2.67 bits per heavy atom. The Bertz CT molecular complexity index is 330. The third kappa shape index (κ3) is 4.86. The van der Waals surface area contributed by atoms with Gasteiger partial charge in [-0.2, -0.15) is 0 Å². The first-order chi connectivity index (χ1) is 8.50. The topological polar surface area (TPSA) is 49.4 Å². The molecule has 2 atom stereocenters. The molecule has 0 aromatic carbocycles. The minimum Gasteiger partial charge on any atom is -0.314 e. The number of sulfone groups is 1. The molecule has 1 aliphatic heterocycles. The summed E-state index contributed by atoms with van der Waals surface area (Å²) in [4.78, 5) is 2.36. The molecule has 108 valence electrons. The SMILES string of the molecule is CCCS(=O)(=O)CCN1CCNCC1C(C)CC. The van der Waals surface area contributed by atoms with Gasteiger partial charge in [0.1, 0.15) is 0 Å². The Morgan fingerprint density at radius 2 is 2.06 bits per heavy atom. The molecule has 1 N–H and O–H groups in total. The zero-order valence-electron chi connectivity index (χ0n) is 12.0. The first-order valence-corrected chi connectivity index (χ1v) is 8.97. The molecule has 0 aromatic heterocycles. The van der Waals surface area contributed by atoms with E-state index < -0.39 is 9.84 Å². The van der Waals surface area contributed by atoms with Crippen LogP contribution in [0.2, 0.25) is 0 Å². The average Bonchev–Trinajstić information content (AvgIpc) is 2.36. The first-order valence-electron chi connectivity index (χ1n) is 7.15. The van der Waals surface area contributed by atoms with E-state index in [0.29, 0.717) is 30.0 Å². The normalized spacial score (nSPS) is 24.1. The second kappa shape index (κ2) is 7.46. The molecule has 18 heavy (non-hydrogen) atoms. The molecular weight excluding hydrogens is 248 g/mol. The highest BCUT2D eigenvalue weighted by Gasteiger charge is 2.26. The van der Waals surface area contributed by atoms with E-state index in [4.69, 9.17) is 0 Å². The van der Waals surface area contributed by atoms with Crippen LogP contribution < -0.4 is 5.32 Å². The lowest BCUT2D eigenvalue weighted by molar-refractivity contribution is 0.124. The lowest BCUT2D eigenvalue weighted by Gasteiger charge is -2.39. The van der Waals surface area contributed by atoms with Crippen LogP contribution in [0.4, 0.5) is 0 Å². The Hall–Kier alpha value is -0.130. The summed E-state index contributed by atoms with van der Waals surface area (Å²) in [7, 11) is -2.85. The van der Waals surface area contributed by atoms with Crippen molar-refractivity contribution in [3.8, 4) is 0 Å². The van der Waals surface area contributed by atoms with Crippen molar-refractivity contribution in [1.82, 2.24) is 10.2 Å². The van der Waals surface area contributed by atoms with E-state index >= 15 is 0 Å². The lowest BCUT2D eigenvalue weighted by atomic mass is 9.96. The fourth-order valence-electron chi connectivity index (χ4n) is 2.55. The molecule has 5 heteroatoms. The highest BCUT2D eigenvalue weighted by Crippen LogP contribution is 2.16. The summed E-state index contributed by atoms with van der Waals surface area (Å²) in [5.74, 6) is 1.26. The van der Waals surface area contributed by atoms with Gasteiger partial charge >= 0.3 is 0 Å². The van der Waals surface area contributed by atoms with Crippen LogP contribution in [-0.2, 0) is 9.84 Å². The predicted octanol–water partition coefficient (Wildman–Crippen LogP) is 1.13. The quantitative estimate of drug-likeness (QED) is 0.757. The maximum Gasteiger partial charge on any atom is 0.151 e. The largest absolute Gasteiger partial charge is 0.314 e. The minimum atomic E-state index is -2.85. The molecule has 1 heterocycles. The number of rotatable bonds is 7. The Labute approximate surface area is 112 Å². The molecule has 0 bridgehead atoms. The van der Waals surface area contributed by atoms with Gasteiger partial charge in [-0.25, -0.2) is 8.42 Å². The van der Waals surface area contributed by atoms with Crippen molar-refractivity contribution in [3.63, 3.8) is 0 Å². The van der Waals surface area contributed by atoms with E-state index in [1.165, 1.54) is 0 Å². The predicted molar refractivity (Wildman–Crippen MR) is 76.6 cm³/mol. The van der Waals surface area contributed by atoms with Gasteiger partial charge in [0, 0.05) is 38.0 Å². The van der Waals surface area contributed by atoms with Gasteiger partial charge < -0.3 is 5.32 Å². The molecule has 1 rings (SSSR count). The van der Waals surface area contributed by atoms with Gasteiger partial charge in [0.05, 0.1) is 5.75 Å².